The van der Waals surface area contributed by atoms with Crippen molar-refractivity contribution in [2.45, 2.75) is 26.3 Å². The minimum Gasteiger partial charge on any atom is -0.396 e. The minimum atomic E-state index is 0.215. The second kappa shape index (κ2) is 3.19. The number of likely N-dealkylation sites (tertiary alicyclic amines) is 1. The van der Waals surface area contributed by atoms with Gasteiger partial charge in [0.05, 0.1) is 13.2 Å². The van der Waals surface area contributed by atoms with Gasteiger partial charge in [0, 0.05) is 36.6 Å². The highest BCUT2D eigenvalue weighted by Gasteiger charge is 2.53. The zero-order chi connectivity index (χ0) is 10.4. The average Bonchev–Trinajstić information content (AvgIpc) is 2.40. The van der Waals surface area contributed by atoms with Crippen LogP contribution in [0.4, 0.5) is 0 Å². The maximum absolute atomic E-state index is 9.37. The Kier molecular flexibility index (Phi) is 2.37. The Morgan fingerprint density at radius 2 is 2.07 bits per heavy atom. The lowest BCUT2D eigenvalue weighted by Gasteiger charge is -2.42. The van der Waals surface area contributed by atoms with Crippen LogP contribution >= 0.6 is 0 Å². The maximum Gasteiger partial charge on any atom is 0.0561 e. The van der Waals surface area contributed by atoms with Crippen molar-refractivity contribution < 1.29 is 9.84 Å². The fourth-order valence-corrected chi connectivity index (χ4v) is 2.49. The number of aliphatic hydroxyl groups excluding tert-OH is 1. The highest BCUT2D eigenvalue weighted by Crippen LogP contribution is 2.44. The molecule has 2 heterocycles. The molecule has 1 N–H and O–H groups in total. The monoisotopic (exact) mass is 199 g/mol. The largest absolute Gasteiger partial charge is 0.396 e. The highest BCUT2D eigenvalue weighted by molar-refractivity contribution is 5.03. The second-order valence-corrected chi connectivity index (χ2v) is 5.79. The van der Waals surface area contributed by atoms with E-state index in [2.05, 4.69) is 25.7 Å². The first-order valence-corrected chi connectivity index (χ1v) is 5.42. The summed E-state index contributed by atoms with van der Waals surface area (Å²) in [6.45, 7) is 10.8. The third-order valence-corrected chi connectivity index (χ3v) is 3.76. The molecule has 2 aliphatic rings. The van der Waals surface area contributed by atoms with E-state index in [1.807, 2.05) is 0 Å². The summed E-state index contributed by atoms with van der Waals surface area (Å²) in [4.78, 5) is 2.47. The molecule has 1 spiro atoms. The molecule has 0 aromatic heterocycles. The average molecular weight is 199 g/mol. The molecule has 2 rings (SSSR count). The lowest BCUT2D eigenvalue weighted by atomic mass is 9.77. The van der Waals surface area contributed by atoms with Crippen molar-refractivity contribution in [3.05, 3.63) is 0 Å². The molecule has 0 aromatic rings. The van der Waals surface area contributed by atoms with Crippen molar-refractivity contribution in [2.75, 3.05) is 32.9 Å². The van der Waals surface area contributed by atoms with E-state index in [4.69, 9.17) is 4.74 Å². The van der Waals surface area contributed by atoms with Gasteiger partial charge in [-0.1, -0.05) is 0 Å². The van der Waals surface area contributed by atoms with Crippen LogP contribution in [-0.2, 0) is 4.74 Å². The molecule has 0 aromatic carbocycles. The number of rotatable bonds is 1. The van der Waals surface area contributed by atoms with Crippen LogP contribution in [0.3, 0.4) is 0 Å². The van der Waals surface area contributed by atoms with Crippen molar-refractivity contribution in [2.24, 2.45) is 11.3 Å². The molecule has 0 aliphatic carbocycles. The number of nitrogens with zero attached hydrogens (tertiary/aromatic N) is 1. The number of hydrogen-bond donors (Lipinski definition) is 1. The minimum absolute atomic E-state index is 0.215. The zero-order valence-corrected chi connectivity index (χ0v) is 9.42. The van der Waals surface area contributed by atoms with Gasteiger partial charge in [-0.3, -0.25) is 4.90 Å². The van der Waals surface area contributed by atoms with Crippen molar-refractivity contribution in [1.29, 1.82) is 0 Å². The molecule has 3 nitrogen and oxygen atoms in total. The van der Waals surface area contributed by atoms with Gasteiger partial charge in [0.15, 0.2) is 0 Å². The van der Waals surface area contributed by atoms with Gasteiger partial charge < -0.3 is 9.84 Å². The molecule has 0 amide bonds. The van der Waals surface area contributed by atoms with Crippen molar-refractivity contribution in [3.8, 4) is 0 Å². The molecular weight excluding hydrogens is 178 g/mol. The normalized spacial score (nSPS) is 32.1. The van der Waals surface area contributed by atoms with Gasteiger partial charge in [0.2, 0.25) is 0 Å². The maximum atomic E-state index is 9.37. The Balaban J connectivity index is 2.08. The van der Waals surface area contributed by atoms with E-state index in [1.165, 1.54) is 0 Å². The zero-order valence-electron chi connectivity index (χ0n) is 9.42. The summed E-state index contributed by atoms with van der Waals surface area (Å²) in [6.07, 6.45) is 0. The highest BCUT2D eigenvalue weighted by atomic mass is 16.5. The number of hydrogen-bond acceptors (Lipinski definition) is 3. The van der Waals surface area contributed by atoms with Crippen LogP contribution in [0.2, 0.25) is 0 Å². The van der Waals surface area contributed by atoms with Gasteiger partial charge in [0.1, 0.15) is 0 Å². The Labute approximate surface area is 86.0 Å². The summed E-state index contributed by atoms with van der Waals surface area (Å²) < 4.78 is 5.32. The van der Waals surface area contributed by atoms with Crippen LogP contribution in [0.5, 0.6) is 0 Å². The second-order valence-electron chi connectivity index (χ2n) is 5.79. The summed E-state index contributed by atoms with van der Waals surface area (Å²) in [5, 5.41) is 9.37. The quantitative estimate of drug-likeness (QED) is 0.675. The van der Waals surface area contributed by atoms with E-state index in [9.17, 15) is 5.11 Å². The van der Waals surface area contributed by atoms with E-state index < -0.39 is 0 Å². The molecule has 1 unspecified atom stereocenters. The van der Waals surface area contributed by atoms with Crippen LogP contribution in [0.1, 0.15) is 20.8 Å². The van der Waals surface area contributed by atoms with Gasteiger partial charge in [-0.15, -0.1) is 0 Å². The Morgan fingerprint density at radius 3 is 2.36 bits per heavy atom. The van der Waals surface area contributed by atoms with Crippen LogP contribution in [0.25, 0.3) is 0 Å². The summed E-state index contributed by atoms with van der Waals surface area (Å²) in [5.41, 5.74) is 0.481. The van der Waals surface area contributed by atoms with Gasteiger partial charge in [-0.25, -0.2) is 0 Å². The van der Waals surface area contributed by atoms with Crippen LogP contribution < -0.4 is 0 Å². The topological polar surface area (TPSA) is 32.7 Å². The fraction of sp³-hybridized carbons (Fsp3) is 1.00. The van der Waals surface area contributed by atoms with Crippen LogP contribution in [-0.4, -0.2) is 48.5 Å². The summed E-state index contributed by atoms with van der Waals surface area (Å²) in [5.74, 6) is 0.412. The molecule has 2 saturated heterocycles. The van der Waals surface area contributed by atoms with Crippen molar-refractivity contribution >= 4 is 0 Å². The molecule has 14 heavy (non-hydrogen) atoms. The Morgan fingerprint density at radius 1 is 1.43 bits per heavy atom. The van der Waals surface area contributed by atoms with Gasteiger partial charge in [-0.2, -0.15) is 0 Å². The summed E-state index contributed by atoms with van der Waals surface area (Å²) in [7, 11) is 0. The third kappa shape index (κ3) is 1.47. The lowest BCUT2D eigenvalue weighted by molar-refractivity contribution is -0.135. The third-order valence-electron chi connectivity index (χ3n) is 3.76. The number of aliphatic hydroxyl groups is 1. The fourth-order valence-electron chi connectivity index (χ4n) is 2.49. The van der Waals surface area contributed by atoms with E-state index in [0.29, 0.717) is 12.5 Å². The van der Waals surface area contributed by atoms with E-state index in [0.717, 1.165) is 26.3 Å². The molecule has 3 heteroatoms. The van der Waals surface area contributed by atoms with Gasteiger partial charge in [-0.05, 0) is 20.8 Å². The first-order chi connectivity index (χ1) is 6.48. The SMILES string of the molecule is CC(C)(C)N1CC(CO)C2(COC2)C1. The molecule has 2 fully saturated rings. The summed E-state index contributed by atoms with van der Waals surface area (Å²) >= 11 is 0. The van der Waals surface area contributed by atoms with Crippen LogP contribution in [0, 0.1) is 11.3 Å². The first-order valence-electron chi connectivity index (χ1n) is 5.42. The summed E-state index contributed by atoms with van der Waals surface area (Å²) in [6, 6.07) is 0. The predicted octanol–water partition coefficient (Wildman–Crippen LogP) is 0.726. The molecule has 1 atom stereocenters. The van der Waals surface area contributed by atoms with Crippen LogP contribution in [0.15, 0.2) is 0 Å². The molecule has 82 valence electrons. The lowest BCUT2D eigenvalue weighted by Crippen LogP contribution is -2.50. The predicted molar refractivity (Wildman–Crippen MR) is 55.2 cm³/mol. The van der Waals surface area contributed by atoms with E-state index >= 15 is 0 Å². The van der Waals surface area contributed by atoms with Gasteiger partial charge in [0.25, 0.3) is 0 Å². The van der Waals surface area contributed by atoms with E-state index in [-0.39, 0.29) is 11.0 Å². The molecule has 2 aliphatic heterocycles. The van der Waals surface area contributed by atoms with E-state index in [1.54, 1.807) is 0 Å². The molecule has 0 radical (unpaired) electrons. The standard InChI is InChI=1S/C11H21NO2/c1-10(2,3)12-4-9(5-13)11(6-12)7-14-8-11/h9,13H,4-8H2,1-3H3. The Hall–Kier alpha value is -0.120. The van der Waals surface area contributed by atoms with Crippen molar-refractivity contribution in [3.63, 3.8) is 0 Å². The smallest absolute Gasteiger partial charge is 0.0561 e. The molecule has 0 saturated carbocycles. The van der Waals surface area contributed by atoms with Crippen molar-refractivity contribution in [1.82, 2.24) is 4.90 Å². The molecular formula is C11H21NO2. The number of ether oxygens (including phenoxy) is 1. The van der Waals surface area contributed by atoms with Gasteiger partial charge >= 0.3 is 0 Å². The first kappa shape index (κ1) is 10.4. The molecule has 0 bridgehead atoms. The Bertz CT molecular complexity index is 218.